The molecule has 0 aromatic heterocycles. The van der Waals surface area contributed by atoms with Crippen LogP contribution in [0.1, 0.15) is 11.1 Å². The Bertz CT molecular complexity index is 325. The van der Waals surface area contributed by atoms with Gasteiger partial charge in [-0.25, -0.2) is 0 Å². The van der Waals surface area contributed by atoms with E-state index in [1.54, 1.807) is 7.11 Å². The molecule has 0 unspecified atom stereocenters. The van der Waals surface area contributed by atoms with E-state index in [1.165, 1.54) is 11.1 Å². The minimum absolute atomic E-state index is 0.442. The molecule has 0 aliphatic carbocycles. The summed E-state index contributed by atoms with van der Waals surface area (Å²) in [6.07, 6.45) is 2.31. The van der Waals surface area contributed by atoms with E-state index < -0.39 is 0 Å². The van der Waals surface area contributed by atoms with Gasteiger partial charge in [-0.3, -0.25) is 4.90 Å². The van der Waals surface area contributed by atoms with Crippen molar-refractivity contribution in [3.63, 3.8) is 0 Å². The SMILES string of the molecule is C=Cc1ccc(CN2CC(OC)C2)cc1. The number of ether oxygens (including phenoxy) is 1. The standard InChI is InChI=1S/C13H17NO/c1-3-11-4-6-12(7-5-11)8-14-9-13(10-14)15-2/h3-7,13H,1,8-10H2,2H3. The van der Waals surface area contributed by atoms with Crippen LogP contribution in [0, 0.1) is 0 Å². The third-order valence-electron chi connectivity index (χ3n) is 2.88. The van der Waals surface area contributed by atoms with Crippen molar-refractivity contribution in [1.29, 1.82) is 0 Å². The molecular formula is C13H17NO. The second kappa shape index (κ2) is 4.60. The van der Waals surface area contributed by atoms with Crippen molar-refractivity contribution in [1.82, 2.24) is 4.90 Å². The van der Waals surface area contributed by atoms with Gasteiger partial charge >= 0.3 is 0 Å². The molecule has 2 nitrogen and oxygen atoms in total. The van der Waals surface area contributed by atoms with Crippen molar-refractivity contribution in [2.45, 2.75) is 12.6 Å². The molecule has 1 aromatic carbocycles. The van der Waals surface area contributed by atoms with E-state index in [0.29, 0.717) is 6.10 Å². The first kappa shape index (κ1) is 10.4. The summed E-state index contributed by atoms with van der Waals surface area (Å²) >= 11 is 0. The molecule has 0 amide bonds. The topological polar surface area (TPSA) is 12.5 Å². The van der Waals surface area contributed by atoms with E-state index in [2.05, 4.69) is 35.7 Å². The Balaban J connectivity index is 1.86. The fourth-order valence-electron chi connectivity index (χ4n) is 1.82. The van der Waals surface area contributed by atoms with E-state index in [-0.39, 0.29) is 0 Å². The van der Waals surface area contributed by atoms with Crippen LogP contribution in [0.25, 0.3) is 6.08 Å². The Morgan fingerprint density at radius 2 is 2.07 bits per heavy atom. The Morgan fingerprint density at radius 3 is 2.60 bits per heavy atom. The number of nitrogens with zero attached hydrogens (tertiary/aromatic N) is 1. The van der Waals surface area contributed by atoms with Gasteiger partial charge in [0, 0.05) is 26.7 Å². The number of rotatable bonds is 4. The molecule has 0 radical (unpaired) electrons. The predicted octanol–water partition coefficient (Wildman–Crippen LogP) is 2.16. The Labute approximate surface area is 91.2 Å². The maximum Gasteiger partial charge on any atom is 0.0825 e. The van der Waals surface area contributed by atoms with Gasteiger partial charge in [0.1, 0.15) is 0 Å². The largest absolute Gasteiger partial charge is 0.379 e. The third kappa shape index (κ3) is 2.46. The highest BCUT2D eigenvalue weighted by Crippen LogP contribution is 2.15. The summed E-state index contributed by atoms with van der Waals surface area (Å²) in [6.45, 7) is 6.88. The minimum Gasteiger partial charge on any atom is -0.379 e. The van der Waals surface area contributed by atoms with Gasteiger partial charge in [-0.1, -0.05) is 36.9 Å². The molecule has 0 atom stereocenters. The summed E-state index contributed by atoms with van der Waals surface area (Å²) in [5.41, 5.74) is 2.53. The molecule has 0 bridgehead atoms. The summed E-state index contributed by atoms with van der Waals surface area (Å²) in [6, 6.07) is 8.54. The van der Waals surface area contributed by atoms with Crippen LogP contribution in [0.2, 0.25) is 0 Å². The van der Waals surface area contributed by atoms with Crippen molar-refractivity contribution in [2.24, 2.45) is 0 Å². The van der Waals surface area contributed by atoms with Crippen LogP contribution in [0.3, 0.4) is 0 Å². The monoisotopic (exact) mass is 203 g/mol. The van der Waals surface area contributed by atoms with E-state index >= 15 is 0 Å². The van der Waals surface area contributed by atoms with Crippen molar-refractivity contribution >= 4 is 6.08 Å². The van der Waals surface area contributed by atoms with Gasteiger partial charge in [0.15, 0.2) is 0 Å². The van der Waals surface area contributed by atoms with Gasteiger partial charge in [0.2, 0.25) is 0 Å². The van der Waals surface area contributed by atoms with Crippen molar-refractivity contribution in [3.05, 3.63) is 42.0 Å². The van der Waals surface area contributed by atoms with Crippen molar-refractivity contribution in [3.8, 4) is 0 Å². The normalized spacial score (nSPS) is 17.4. The molecule has 0 saturated carbocycles. The van der Waals surface area contributed by atoms with Crippen LogP contribution in [0.4, 0.5) is 0 Å². The van der Waals surface area contributed by atoms with E-state index in [1.807, 2.05) is 6.08 Å². The first-order valence-corrected chi connectivity index (χ1v) is 5.28. The summed E-state index contributed by atoms with van der Waals surface area (Å²) in [5.74, 6) is 0. The lowest BCUT2D eigenvalue weighted by Gasteiger charge is -2.38. The van der Waals surface area contributed by atoms with Crippen LogP contribution >= 0.6 is 0 Å². The molecule has 80 valence electrons. The zero-order chi connectivity index (χ0) is 10.7. The highest BCUT2D eigenvalue weighted by molar-refractivity contribution is 5.47. The molecule has 1 heterocycles. The highest BCUT2D eigenvalue weighted by Gasteiger charge is 2.25. The van der Waals surface area contributed by atoms with Gasteiger partial charge in [-0.05, 0) is 11.1 Å². The van der Waals surface area contributed by atoms with Crippen LogP contribution in [-0.4, -0.2) is 31.2 Å². The van der Waals surface area contributed by atoms with Crippen molar-refractivity contribution in [2.75, 3.05) is 20.2 Å². The third-order valence-corrected chi connectivity index (χ3v) is 2.88. The van der Waals surface area contributed by atoms with Gasteiger partial charge in [-0.15, -0.1) is 0 Å². The number of hydrogen-bond acceptors (Lipinski definition) is 2. The van der Waals surface area contributed by atoms with Gasteiger partial charge in [0.05, 0.1) is 6.10 Å². The molecule has 1 fully saturated rings. The molecule has 0 spiro atoms. The first-order valence-electron chi connectivity index (χ1n) is 5.28. The molecule has 1 aromatic rings. The summed E-state index contributed by atoms with van der Waals surface area (Å²) < 4.78 is 5.24. The Hall–Kier alpha value is -1.12. The second-order valence-corrected chi connectivity index (χ2v) is 4.00. The molecule has 1 aliphatic rings. The zero-order valence-corrected chi connectivity index (χ0v) is 9.15. The van der Waals surface area contributed by atoms with Crippen molar-refractivity contribution < 1.29 is 4.74 Å². The lowest BCUT2D eigenvalue weighted by atomic mass is 10.1. The predicted molar refractivity (Wildman–Crippen MR) is 62.6 cm³/mol. The summed E-state index contributed by atoms with van der Waals surface area (Å²) in [4.78, 5) is 2.39. The molecular weight excluding hydrogens is 186 g/mol. The number of likely N-dealkylation sites (tertiary alicyclic amines) is 1. The highest BCUT2D eigenvalue weighted by atomic mass is 16.5. The second-order valence-electron chi connectivity index (χ2n) is 4.00. The average Bonchev–Trinajstić information content (AvgIpc) is 2.23. The fraction of sp³-hybridized carbons (Fsp3) is 0.385. The summed E-state index contributed by atoms with van der Waals surface area (Å²) in [5, 5.41) is 0. The Morgan fingerprint density at radius 1 is 1.40 bits per heavy atom. The smallest absolute Gasteiger partial charge is 0.0825 e. The number of benzene rings is 1. The quantitative estimate of drug-likeness (QED) is 0.743. The molecule has 1 aliphatic heterocycles. The van der Waals surface area contributed by atoms with E-state index in [0.717, 1.165) is 19.6 Å². The van der Waals surface area contributed by atoms with Crippen LogP contribution in [-0.2, 0) is 11.3 Å². The van der Waals surface area contributed by atoms with Gasteiger partial charge < -0.3 is 4.74 Å². The molecule has 1 saturated heterocycles. The zero-order valence-electron chi connectivity index (χ0n) is 9.15. The van der Waals surface area contributed by atoms with E-state index in [9.17, 15) is 0 Å². The number of methoxy groups -OCH3 is 1. The first-order chi connectivity index (χ1) is 7.31. The fourth-order valence-corrected chi connectivity index (χ4v) is 1.82. The molecule has 0 N–H and O–H groups in total. The molecule has 2 rings (SSSR count). The lowest BCUT2D eigenvalue weighted by Crippen LogP contribution is -2.50. The summed E-state index contributed by atoms with van der Waals surface area (Å²) in [7, 11) is 1.78. The molecule has 15 heavy (non-hydrogen) atoms. The van der Waals surface area contributed by atoms with E-state index in [4.69, 9.17) is 4.74 Å². The van der Waals surface area contributed by atoms with Crippen LogP contribution in [0.15, 0.2) is 30.8 Å². The Kier molecular flexibility index (Phi) is 3.19. The van der Waals surface area contributed by atoms with Gasteiger partial charge in [0.25, 0.3) is 0 Å². The maximum atomic E-state index is 5.24. The lowest BCUT2D eigenvalue weighted by molar-refractivity contribution is -0.0333. The average molecular weight is 203 g/mol. The molecule has 2 heteroatoms. The van der Waals surface area contributed by atoms with Gasteiger partial charge in [-0.2, -0.15) is 0 Å². The number of hydrogen-bond donors (Lipinski definition) is 0. The minimum atomic E-state index is 0.442. The van der Waals surface area contributed by atoms with Crippen LogP contribution < -0.4 is 0 Å². The van der Waals surface area contributed by atoms with Crippen LogP contribution in [0.5, 0.6) is 0 Å². The maximum absolute atomic E-state index is 5.24.